The number of aromatic amines is 1. The van der Waals surface area contributed by atoms with Crippen LogP contribution < -0.4 is 9.80 Å². The molecule has 3 heterocycles. The third-order valence-electron chi connectivity index (χ3n) is 4.48. The Hall–Kier alpha value is -2.03. The zero-order valence-electron chi connectivity index (χ0n) is 13.6. The number of nitrogens with one attached hydrogen (secondary N) is 2. The molecule has 0 amide bonds. The number of thiophene rings is 1. The van der Waals surface area contributed by atoms with E-state index in [1.54, 1.807) is 11.3 Å². The summed E-state index contributed by atoms with van der Waals surface area (Å²) in [7, 11) is 0. The summed E-state index contributed by atoms with van der Waals surface area (Å²) >= 11 is 7.04. The average molecular weight is 377 g/mol. The third kappa shape index (κ3) is 3.65. The summed E-state index contributed by atoms with van der Waals surface area (Å²) < 4.78 is 15.6. The molecule has 4 rings (SSSR count). The highest BCUT2D eigenvalue weighted by Crippen LogP contribution is 2.20. The van der Waals surface area contributed by atoms with Gasteiger partial charge in [0.2, 0.25) is 4.77 Å². The predicted octanol–water partition coefficient (Wildman–Crippen LogP) is 2.17. The average Bonchev–Trinajstić information content (AvgIpc) is 3.27. The smallest absolute Gasteiger partial charge is 0.221 e. The molecule has 1 aromatic carbocycles. The number of quaternary nitrogens is 1. The van der Waals surface area contributed by atoms with Crippen molar-refractivity contribution in [3.63, 3.8) is 0 Å². The largest absolute Gasteiger partial charge is 0.360 e. The van der Waals surface area contributed by atoms with Gasteiger partial charge in [-0.15, -0.1) is 11.3 Å². The summed E-state index contributed by atoms with van der Waals surface area (Å²) in [6.07, 6.45) is 0. The van der Waals surface area contributed by atoms with Crippen LogP contribution in [0, 0.1) is 10.6 Å². The molecule has 3 aromatic rings. The maximum absolute atomic E-state index is 13.1. The molecule has 0 spiro atoms. The number of rotatable bonds is 4. The molecule has 8 heteroatoms. The van der Waals surface area contributed by atoms with Crippen molar-refractivity contribution in [2.75, 3.05) is 31.1 Å². The Labute approximate surface area is 154 Å². The van der Waals surface area contributed by atoms with Gasteiger partial charge in [-0.05, 0) is 47.9 Å². The lowest BCUT2D eigenvalue weighted by Gasteiger charge is -2.33. The van der Waals surface area contributed by atoms with Crippen molar-refractivity contribution in [3.05, 3.63) is 52.4 Å². The Kier molecular flexibility index (Phi) is 4.65. The number of aromatic nitrogens is 3. The Morgan fingerprint density at radius 2 is 1.96 bits per heavy atom. The van der Waals surface area contributed by atoms with Gasteiger partial charge in [0.05, 0.1) is 31.1 Å². The van der Waals surface area contributed by atoms with E-state index in [2.05, 4.69) is 15.0 Å². The molecule has 2 N–H and O–H groups in total. The van der Waals surface area contributed by atoms with Crippen LogP contribution in [0.5, 0.6) is 0 Å². The Bertz CT molecular complexity index is 877. The zero-order chi connectivity index (χ0) is 17.2. The first-order valence-electron chi connectivity index (χ1n) is 8.24. The first-order chi connectivity index (χ1) is 12.2. The first-order valence-corrected chi connectivity index (χ1v) is 9.52. The summed E-state index contributed by atoms with van der Waals surface area (Å²) in [5.41, 5.74) is 1.08. The van der Waals surface area contributed by atoms with E-state index in [9.17, 15) is 4.39 Å². The minimum absolute atomic E-state index is 0.192. The number of halogens is 1. The van der Waals surface area contributed by atoms with Gasteiger partial charge in [-0.3, -0.25) is 5.10 Å². The van der Waals surface area contributed by atoms with Gasteiger partial charge >= 0.3 is 0 Å². The molecule has 0 saturated carbocycles. The van der Waals surface area contributed by atoms with Gasteiger partial charge in [0.1, 0.15) is 5.82 Å². The molecule has 0 bridgehead atoms. The lowest BCUT2D eigenvalue weighted by molar-refractivity contribution is -0.924. The molecule has 2 aromatic heterocycles. The maximum Gasteiger partial charge on any atom is 0.221 e. The third-order valence-corrected chi connectivity index (χ3v) is 5.67. The molecule has 0 radical (unpaired) electrons. The zero-order valence-corrected chi connectivity index (χ0v) is 15.2. The summed E-state index contributed by atoms with van der Waals surface area (Å²) in [4.78, 5) is 9.31. The standard InChI is InChI=1S/C17H18FN5S2/c18-13-3-5-14(6-4-13)22-9-7-21(8-10-22)12-23-17(24)19-16(20-23)15-2-1-11-25-15/h1-6,11H,7-10,12H2,(H,19,20,24)/p+1. The number of benzene rings is 1. The molecule has 1 fully saturated rings. The second kappa shape index (κ2) is 7.07. The number of hydrogen-bond donors (Lipinski definition) is 2. The van der Waals surface area contributed by atoms with E-state index < -0.39 is 0 Å². The second-order valence-electron chi connectivity index (χ2n) is 6.13. The van der Waals surface area contributed by atoms with E-state index in [4.69, 9.17) is 12.2 Å². The topological polar surface area (TPSA) is 41.3 Å². The van der Waals surface area contributed by atoms with E-state index in [1.807, 2.05) is 34.3 Å². The van der Waals surface area contributed by atoms with E-state index in [-0.39, 0.29) is 5.82 Å². The number of H-pyrrole nitrogens is 1. The fourth-order valence-electron chi connectivity index (χ4n) is 3.10. The molecule has 25 heavy (non-hydrogen) atoms. The van der Waals surface area contributed by atoms with Crippen molar-refractivity contribution in [2.45, 2.75) is 6.67 Å². The number of nitrogens with zero attached hydrogens (tertiary/aromatic N) is 3. The van der Waals surface area contributed by atoms with Crippen molar-refractivity contribution in [1.29, 1.82) is 0 Å². The monoisotopic (exact) mass is 376 g/mol. The lowest BCUT2D eigenvalue weighted by Crippen LogP contribution is -3.14. The van der Waals surface area contributed by atoms with Crippen LogP contribution in [0.25, 0.3) is 10.7 Å². The molecule has 0 unspecified atom stereocenters. The van der Waals surface area contributed by atoms with Crippen LogP contribution in [-0.2, 0) is 6.67 Å². The summed E-state index contributed by atoms with van der Waals surface area (Å²) in [6, 6.07) is 10.8. The molecule has 1 aliphatic rings. The van der Waals surface area contributed by atoms with Gasteiger partial charge in [-0.25, -0.2) is 9.07 Å². The lowest BCUT2D eigenvalue weighted by atomic mass is 10.2. The summed E-state index contributed by atoms with van der Waals surface area (Å²) in [5.74, 6) is 0.646. The minimum atomic E-state index is -0.192. The highest BCUT2D eigenvalue weighted by atomic mass is 32.1. The van der Waals surface area contributed by atoms with Crippen molar-refractivity contribution < 1.29 is 9.29 Å². The normalized spacial score (nSPS) is 15.6. The van der Waals surface area contributed by atoms with Gasteiger partial charge in [-0.1, -0.05) is 6.07 Å². The predicted molar refractivity (Wildman–Crippen MR) is 100 cm³/mol. The van der Waals surface area contributed by atoms with Crippen molar-refractivity contribution in [1.82, 2.24) is 14.8 Å². The Morgan fingerprint density at radius 3 is 2.64 bits per heavy atom. The minimum Gasteiger partial charge on any atom is -0.360 e. The molecule has 1 saturated heterocycles. The van der Waals surface area contributed by atoms with E-state index in [0.29, 0.717) is 4.77 Å². The molecular formula is C17H19FN5S2+. The first kappa shape index (κ1) is 16.4. The molecule has 5 nitrogen and oxygen atoms in total. The van der Waals surface area contributed by atoms with Crippen molar-refractivity contribution in [2.24, 2.45) is 0 Å². The van der Waals surface area contributed by atoms with Gasteiger partial charge in [-0.2, -0.15) is 4.98 Å². The number of anilines is 1. The van der Waals surface area contributed by atoms with Crippen LogP contribution in [0.3, 0.4) is 0 Å². The van der Waals surface area contributed by atoms with E-state index in [1.165, 1.54) is 17.0 Å². The van der Waals surface area contributed by atoms with E-state index in [0.717, 1.165) is 49.2 Å². The van der Waals surface area contributed by atoms with Crippen LogP contribution >= 0.6 is 23.6 Å². The Balaban J connectivity index is 1.39. The second-order valence-corrected chi connectivity index (χ2v) is 7.44. The molecule has 130 valence electrons. The summed E-state index contributed by atoms with van der Waals surface area (Å²) in [5, 5.41) is 5.35. The van der Waals surface area contributed by atoms with Crippen LogP contribution in [-0.4, -0.2) is 40.9 Å². The van der Waals surface area contributed by atoms with E-state index >= 15 is 0 Å². The van der Waals surface area contributed by atoms with Gasteiger partial charge in [0.15, 0.2) is 12.5 Å². The van der Waals surface area contributed by atoms with Crippen molar-refractivity contribution in [3.8, 4) is 10.7 Å². The molecule has 0 aliphatic carbocycles. The number of hydrogen-bond acceptors (Lipinski definition) is 4. The number of piperazine rings is 1. The van der Waals surface area contributed by atoms with Crippen LogP contribution in [0.2, 0.25) is 0 Å². The summed E-state index contributed by atoms with van der Waals surface area (Å²) in [6.45, 7) is 4.69. The molecule has 0 atom stereocenters. The van der Waals surface area contributed by atoms with Crippen LogP contribution in [0.1, 0.15) is 0 Å². The fourth-order valence-corrected chi connectivity index (χ4v) is 3.97. The van der Waals surface area contributed by atoms with Crippen LogP contribution in [0.4, 0.5) is 10.1 Å². The fraction of sp³-hybridized carbons (Fsp3) is 0.294. The quantitative estimate of drug-likeness (QED) is 0.686. The molecular weight excluding hydrogens is 357 g/mol. The van der Waals surface area contributed by atoms with Gasteiger partial charge < -0.3 is 9.80 Å². The SMILES string of the molecule is Fc1ccc(N2CC[NH+](Cn3[nH]c(-c4cccs4)nc3=S)CC2)cc1. The van der Waals surface area contributed by atoms with Crippen LogP contribution in [0.15, 0.2) is 41.8 Å². The Morgan fingerprint density at radius 1 is 1.20 bits per heavy atom. The maximum atomic E-state index is 13.1. The highest BCUT2D eigenvalue weighted by molar-refractivity contribution is 7.71. The van der Waals surface area contributed by atoms with Gasteiger partial charge in [0, 0.05) is 5.69 Å². The van der Waals surface area contributed by atoms with Gasteiger partial charge in [0.25, 0.3) is 0 Å². The van der Waals surface area contributed by atoms with Crippen molar-refractivity contribution >= 4 is 29.2 Å². The molecule has 1 aliphatic heterocycles. The highest BCUT2D eigenvalue weighted by Gasteiger charge is 2.21.